The van der Waals surface area contributed by atoms with E-state index in [4.69, 9.17) is 4.84 Å². The zero-order valence-corrected chi connectivity index (χ0v) is 13.1. The summed E-state index contributed by atoms with van der Waals surface area (Å²) >= 11 is 0. The van der Waals surface area contributed by atoms with E-state index < -0.39 is 0 Å². The molecule has 0 aromatic heterocycles. The van der Waals surface area contributed by atoms with Crippen molar-refractivity contribution < 1.29 is 9.23 Å². The highest BCUT2D eigenvalue weighted by Crippen LogP contribution is 2.35. The second-order valence-corrected chi connectivity index (χ2v) is 6.54. The third-order valence-corrected chi connectivity index (χ3v) is 4.68. The summed E-state index contributed by atoms with van der Waals surface area (Å²) in [5.41, 5.74) is 4.51. The second kappa shape index (κ2) is 6.80. The Balaban J connectivity index is 1.34. The highest BCUT2D eigenvalue weighted by atomic mass is 19.1. The summed E-state index contributed by atoms with van der Waals surface area (Å²) in [7, 11) is 0. The molecule has 0 radical (unpaired) electrons. The molecule has 126 valence electrons. The number of hydrogen-bond donors (Lipinski definition) is 5. The van der Waals surface area contributed by atoms with E-state index in [1.807, 2.05) is 12.1 Å². The third-order valence-electron chi connectivity index (χ3n) is 4.68. The highest BCUT2D eigenvalue weighted by Gasteiger charge is 2.38. The van der Waals surface area contributed by atoms with Crippen LogP contribution in [0.2, 0.25) is 0 Å². The molecule has 23 heavy (non-hydrogen) atoms. The maximum Gasteiger partial charge on any atom is 0.134 e. The quantitative estimate of drug-likeness (QED) is 0.537. The molecule has 0 amide bonds. The van der Waals surface area contributed by atoms with E-state index in [0.29, 0.717) is 18.0 Å². The van der Waals surface area contributed by atoms with Crippen molar-refractivity contribution in [3.05, 3.63) is 35.1 Å². The van der Waals surface area contributed by atoms with Gasteiger partial charge in [0.25, 0.3) is 0 Å². The van der Waals surface area contributed by atoms with Crippen molar-refractivity contribution in [1.82, 2.24) is 26.7 Å². The molecule has 2 heterocycles. The van der Waals surface area contributed by atoms with Gasteiger partial charge in [-0.2, -0.15) is 5.48 Å². The molecule has 1 aromatic carbocycles. The van der Waals surface area contributed by atoms with E-state index in [9.17, 15) is 4.39 Å². The molecule has 2 aliphatic heterocycles. The Labute approximate surface area is 135 Å². The van der Waals surface area contributed by atoms with Crippen molar-refractivity contribution in [3.63, 3.8) is 0 Å². The number of rotatable bonds is 5. The monoisotopic (exact) mass is 321 g/mol. The average molecular weight is 321 g/mol. The molecule has 6 nitrogen and oxygen atoms in total. The molecule has 1 aliphatic carbocycles. The molecule has 1 saturated carbocycles. The molecular weight excluding hydrogens is 297 g/mol. The smallest absolute Gasteiger partial charge is 0.134 e. The van der Waals surface area contributed by atoms with Crippen LogP contribution in [0.5, 0.6) is 0 Å². The van der Waals surface area contributed by atoms with Gasteiger partial charge < -0.3 is 5.32 Å². The Bertz CT molecular complexity index is 547. The summed E-state index contributed by atoms with van der Waals surface area (Å²) in [6.45, 7) is 3.28. The fourth-order valence-corrected chi connectivity index (χ4v) is 3.09. The summed E-state index contributed by atoms with van der Waals surface area (Å²) in [5, 5.41) is 13.3. The standard InChI is InChI=1S/C16H24FN5O/c17-13-7-11(15-21-16(23-22-15)10-1-2-10)3-4-12(13)8-20-14-9-18-5-6-19-14/h3-4,7,10,14-16,18-22H,1-2,5-6,8-9H2. The van der Waals surface area contributed by atoms with Crippen LogP contribution in [-0.2, 0) is 11.4 Å². The number of benzene rings is 1. The normalized spacial score (nSPS) is 31.4. The molecule has 3 atom stereocenters. The van der Waals surface area contributed by atoms with Gasteiger partial charge in [-0.05, 0) is 24.5 Å². The van der Waals surface area contributed by atoms with Crippen molar-refractivity contribution in [3.8, 4) is 0 Å². The van der Waals surface area contributed by atoms with Crippen LogP contribution in [0.1, 0.15) is 30.1 Å². The average Bonchev–Trinajstić information content (AvgIpc) is 3.32. The molecular formula is C16H24FN5O. The summed E-state index contributed by atoms with van der Waals surface area (Å²) in [5.74, 6) is 0.412. The number of halogens is 1. The van der Waals surface area contributed by atoms with Gasteiger partial charge >= 0.3 is 0 Å². The van der Waals surface area contributed by atoms with Crippen molar-refractivity contribution in [1.29, 1.82) is 0 Å². The van der Waals surface area contributed by atoms with Gasteiger partial charge in [0.05, 0.1) is 6.17 Å². The Morgan fingerprint density at radius 2 is 2.17 bits per heavy atom. The summed E-state index contributed by atoms with van der Waals surface area (Å²) in [6.07, 6.45) is 2.51. The first-order valence-electron chi connectivity index (χ1n) is 8.42. The first-order chi connectivity index (χ1) is 11.3. The zero-order valence-electron chi connectivity index (χ0n) is 13.1. The van der Waals surface area contributed by atoms with Gasteiger partial charge in [-0.15, -0.1) is 0 Å². The van der Waals surface area contributed by atoms with Crippen molar-refractivity contribution in [2.45, 2.75) is 37.9 Å². The van der Waals surface area contributed by atoms with Crippen molar-refractivity contribution in [2.24, 2.45) is 5.92 Å². The molecule has 3 unspecified atom stereocenters. The lowest BCUT2D eigenvalue weighted by Gasteiger charge is -2.25. The lowest BCUT2D eigenvalue weighted by molar-refractivity contribution is 0.0104. The number of hydrogen-bond acceptors (Lipinski definition) is 6. The third kappa shape index (κ3) is 3.71. The Hall–Kier alpha value is -1.09. The summed E-state index contributed by atoms with van der Waals surface area (Å²) < 4.78 is 14.4. The van der Waals surface area contributed by atoms with Crippen LogP contribution in [0.25, 0.3) is 0 Å². The number of nitrogens with one attached hydrogen (secondary N) is 5. The largest absolute Gasteiger partial charge is 0.313 e. The van der Waals surface area contributed by atoms with E-state index >= 15 is 0 Å². The Kier molecular flexibility index (Phi) is 4.57. The predicted octanol–water partition coefficient (Wildman–Crippen LogP) is 0.293. The van der Waals surface area contributed by atoms with Crippen LogP contribution in [0.4, 0.5) is 4.39 Å². The topological polar surface area (TPSA) is 69.4 Å². The first kappa shape index (κ1) is 15.4. The van der Waals surface area contributed by atoms with Crippen molar-refractivity contribution >= 4 is 0 Å². The van der Waals surface area contributed by atoms with E-state index in [0.717, 1.165) is 25.2 Å². The van der Waals surface area contributed by atoms with Gasteiger partial charge in [0.1, 0.15) is 18.2 Å². The second-order valence-electron chi connectivity index (χ2n) is 6.54. The van der Waals surface area contributed by atoms with Crippen LogP contribution >= 0.6 is 0 Å². The van der Waals surface area contributed by atoms with Crippen LogP contribution in [0, 0.1) is 11.7 Å². The molecule has 3 aliphatic rings. The molecule has 5 N–H and O–H groups in total. The van der Waals surface area contributed by atoms with E-state index in [1.54, 1.807) is 6.07 Å². The van der Waals surface area contributed by atoms with Gasteiger partial charge in [0, 0.05) is 37.7 Å². The molecule has 2 saturated heterocycles. The lowest BCUT2D eigenvalue weighted by atomic mass is 10.1. The minimum atomic E-state index is -0.183. The maximum absolute atomic E-state index is 14.4. The number of hydroxylamine groups is 1. The molecule has 0 spiro atoms. The molecule has 0 bridgehead atoms. The van der Waals surface area contributed by atoms with Crippen LogP contribution in [0.15, 0.2) is 18.2 Å². The first-order valence-corrected chi connectivity index (χ1v) is 8.42. The zero-order chi connectivity index (χ0) is 15.6. The summed E-state index contributed by atoms with van der Waals surface area (Å²) in [6, 6.07) is 5.39. The molecule has 7 heteroatoms. The van der Waals surface area contributed by atoms with E-state index in [1.165, 1.54) is 12.8 Å². The lowest BCUT2D eigenvalue weighted by Crippen LogP contribution is -2.55. The van der Waals surface area contributed by atoms with Crippen LogP contribution in [0.3, 0.4) is 0 Å². The van der Waals surface area contributed by atoms with Crippen molar-refractivity contribution in [2.75, 3.05) is 19.6 Å². The van der Waals surface area contributed by atoms with Gasteiger partial charge in [-0.3, -0.25) is 20.8 Å². The fourth-order valence-electron chi connectivity index (χ4n) is 3.09. The molecule has 1 aromatic rings. The number of piperazine rings is 1. The van der Waals surface area contributed by atoms with Gasteiger partial charge in [0.2, 0.25) is 0 Å². The highest BCUT2D eigenvalue weighted by molar-refractivity contribution is 5.27. The fraction of sp³-hybridized carbons (Fsp3) is 0.625. The van der Waals surface area contributed by atoms with Crippen LogP contribution in [-0.4, -0.2) is 32.0 Å². The van der Waals surface area contributed by atoms with E-state index in [-0.39, 0.29) is 24.4 Å². The van der Waals surface area contributed by atoms with Crippen LogP contribution < -0.4 is 26.7 Å². The minimum absolute atomic E-state index is 0.0503. The van der Waals surface area contributed by atoms with E-state index in [2.05, 4.69) is 26.7 Å². The van der Waals surface area contributed by atoms with Gasteiger partial charge in [0.15, 0.2) is 0 Å². The Morgan fingerprint density at radius 3 is 2.91 bits per heavy atom. The Morgan fingerprint density at radius 1 is 1.26 bits per heavy atom. The summed E-state index contributed by atoms with van der Waals surface area (Å²) in [4.78, 5) is 5.53. The van der Waals surface area contributed by atoms with Gasteiger partial charge in [-0.1, -0.05) is 12.1 Å². The maximum atomic E-state index is 14.4. The SMILES string of the molecule is Fc1cc(C2NOC(C3CC3)N2)ccc1CNC1CNCCN1. The minimum Gasteiger partial charge on any atom is -0.313 e. The molecule has 3 fully saturated rings. The van der Waals surface area contributed by atoms with Gasteiger partial charge in [-0.25, -0.2) is 4.39 Å². The molecule has 4 rings (SSSR count). The predicted molar refractivity (Wildman–Crippen MR) is 84.5 cm³/mol.